The molecular weight excluding hydrogens is 403 g/mol. The van der Waals surface area contributed by atoms with Crippen LogP contribution in [0.25, 0.3) is 11.4 Å². The molecule has 6 nitrogen and oxygen atoms in total. The number of benzene rings is 1. The predicted molar refractivity (Wildman–Crippen MR) is 101 cm³/mol. The third-order valence-corrected chi connectivity index (χ3v) is 4.86. The Labute approximate surface area is 163 Å². The van der Waals surface area contributed by atoms with Crippen molar-refractivity contribution in [3.8, 4) is 11.4 Å². The van der Waals surface area contributed by atoms with Crippen LogP contribution in [0.5, 0.6) is 0 Å². The summed E-state index contributed by atoms with van der Waals surface area (Å²) in [6.45, 7) is 4.06. The molecule has 0 aliphatic carbocycles. The minimum Gasteiger partial charge on any atom is -0.368 e. The van der Waals surface area contributed by atoms with Crippen LogP contribution in [0.15, 0.2) is 34.4 Å². The first-order chi connectivity index (χ1) is 11.8. The number of anilines is 1. The van der Waals surface area contributed by atoms with Gasteiger partial charge >= 0.3 is 0 Å². The van der Waals surface area contributed by atoms with Gasteiger partial charge in [-0.3, -0.25) is 4.57 Å². The molecule has 0 aliphatic rings. The van der Waals surface area contributed by atoms with Gasteiger partial charge in [0.2, 0.25) is 5.95 Å². The minimum absolute atomic E-state index is 0.0916. The fourth-order valence-corrected chi connectivity index (χ4v) is 3.95. The van der Waals surface area contributed by atoms with Gasteiger partial charge in [0.05, 0.1) is 5.02 Å². The van der Waals surface area contributed by atoms with Crippen LogP contribution in [-0.4, -0.2) is 24.7 Å². The van der Waals surface area contributed by atoms with E-state index in [1.54, 1.807) is 18.2 Å². The Kier molecular flexibility index (Phi) is 5.38. The Morgan fingerprint density at radius 1 is 1.08 bits per heavy atom. The molecule has 0 radical (unpaired) electrons. The second kappa shape index (κ2) is 7.37. The molecule has 3 aromatic rings. The van der Waals surface area contributed by atoms with E-state index in [9.17, 15) is 0 Å². The molecule has 2 N–H and O–H groups in total. The van der Waals surface area contributed by atoms with Crippen LogP contribution in [0.1, 0.15) is 19.9 Å². The maximum atomic E-state index is 6.32. The fourth-order valence-electron chi connectivity index (χ4n) is 2.23. The highest BCUT2D eigenvalue weighted by atomic mass is 35.5. The number of hydrogen-bond acceptors (Lipinski definition) is 6. The molecule has 0 amide bonds. The van der Waals surface area contributed by atoms with Gasteiger partial charge in [-0.15, -0.1) is 10.2 Å². The zero-order chi connectivity index (χ0) is 18.1. The molecule has 3 rings (SSSR count). The molecule has 0 fully saturated rings. The quantitative estimate of drug-likeness (QED) is 0.603. The van der Waals surface area contributed by atoms with Gasteiger partial charge in [0, 0.05) is 22.7 Å². The molecule has 0 saturated heterocycles. The summed E-state index contributed by atoms with van der Waals surface area (Å²) in [4.78, 5) is 8.01. The molecule has 1 aromatic carbocycles. The van der Waals surface area contributed by atoms with Crippen molar-refractivity contribution in [2.24, 2.45) is 0 Å². The van der Waals surface area contributed by atoms with Gasteiger partial charge in [0.1, 0.15) is 10.2 Å². The molecule has 0 saturated carbocycles. The number of halogens is 3. The highest BCUT2D eigenvalue weighted by Gasteiger charge is 2.20. The topological polar surface area (TPSA) is 82.5 Å². The van der Waals surface area contributed by atoms with Gasteiger partial charge in [-0.25, -0.2) is 9.97 Å². The molecule has 0 atom stereocenters. The van der Waals surface area contributed by atoms with Crippen molar-refractivity contribution in [2.45, 2.75) is 30.1 Å². The molecule has 0 aliphatic heterocycles. The lowest BCUT2D eigenvalue weighted by atomic mass is 10.2. The summed E-state index contributed by atoms with van der Waals surface area (Å²) < 4.78 is 1.96. The normalized spacial score (nSPS) is 11.3. The van der Waals surface area contributed by atoms with Crippen LogP contribution >= 0.6 is 46.6 Å². The standard InChI is InChI=1S/C15H13Cl3N6S/c1-7(2)24-13(9-4-3-8(16)5-10(9)17)22-23-15(24)25-12-6-11(18)20-14(19)21-12/h3-7H,1-2H3,(H2,19,20,21). The summed E-state index contributed by atoms with van der Waals surface area (Å²) in [6, 6.07) is 6.97. The lowest BCUT2D eigenvalue weighted by Crippen LogP contribution is -2.05. The van der Waals surface area contributed by atoms with Gasteiger partial charge in [0.15, 0.2) is 11.0 Å². The molecule has 25 heavy (non-hydrogen) atoms. The van der Waals surface area contributed by atoms with E-state index in [0.717, 1.165) is 5.56 Å². The minimum atomic E-state index is 0.0916. The molecular formula is C15H13Cl3N6S. The van der Waals surface area contributed by atoms with E-state index in [1.807, 2.05) is 24.5 Å². The summed E-state index contributed by atoms with van der Waals surface area (Å²) in [5, 5.41) is 11.1. The number of nitrogen functional groups attached to an aromatic ring is 1. The lowest BCUT2D eigenvalue weighted by molar-refractivity contribution is 0.555. The highest BCUT2D eigenvalue weighted by Crippen LogP contribution is 2.35. The maximum absolute atomic E-state index is 6.32. The van der Waals surface area contributed by atoms with Crippen LogP contribution in [-0.2, 0) is 0 Å². The molecule has 2 heterocycles. The van der Waals surface area contributed by atoms with Crippen LogP contribution < -0.4 is 5.73 Å². The van der Waals surface area contributed by atoms with Crippen molar-refractivity contribution < 1.29 is 0 Å². The summed E-state index contributed by atoms with van der Waals surface area (Å²) in [6.07, 6.45) is 0. The number of nitrogens with two attached hydrogens (primary N) is 1. The summed E-state index contributed by atoms with van der Waals surface area (Å²) in [5.74, 6) is 0.749. The van der Waals surface area contributed by atoms with Crippen molar-refractivity contribution in [3.63, 3.8) is 0 Å². The Hall–Kier alpha value is -1.54. The molecule has 130 valence electrons. The maximum Gasteiger partial charge on any atom is 0.222 e. The highest BCUT2D eigenvalue weighted by molar-refractivity contribution is 7.99. The van der Waals surface area contributed by atoms with Crippen molar-refractivity contribution in [3.05, 3.63) is 39.5 Å². The van der Waals surface area contributed by atoms with Crippen LogP contribution in [0.4, 0.5) is 5.95 Å². The smallest absolute Gasteiger partial charge is 0.222 e. The number of nitrogens with zero attached hydrogens (tertiary/aromatic N) is 5. The van der Waals surface area contributed by atoms with Crippen LogP contribution in [0.2, 0.25) is 15.2 Å². The predicted octanol–water partition coefficient (Wildman–Crippen LogP) is 5.01. The molecule has 10 heteroatoms. The third kappa shape index (κ3) is 4.00. The van der Waals surface area contributed by atoms with E-state index in [0.29, 0.717) is 26.1 Å². The van der Waals surface area contributed by atoms with E-state index < -0.39 is 0 Å². The molecule has 0 unspecified atom stereocenters. The van der Waals surface area contributed by atoms with E-state index in [4.69, 9.17) is 40.5 Å². The first-order valence-corrected chi connectivity index (χ1v) is 9.18. The zero-order valence-electron chi connectivity index (χ0n) is 13.2. The average molecular weight is 416 g/mol. The summed E-state index contributed by atoms with van der Waals surface area (Å²) in [7, 11) is 0. The van der Waals surface area contributed by atoms with Crippen molar-refractivity contribution in [1.29, 1.82) is 0 Å². The van der Waals surface area contributed by atoms with Gasteiger partial charge in [-0.05, 0) is 43.8 Å². The first kappa shape index (κ1) is 18.3. The Morgan fingerprint density at radius 3 is 2.48 bits per heavy atom. The Balaban J connectivity index is 2.05. The Bertz CT molecular complexity index is 907. The molecule has 0 bridgehead atoms. The molecule has 0 spiro atoms. The number of aromatic nitrogens is 5. The summed E-state index contributed by atoms with van der Waals surface area (Å²) in [5.41, 5.74) is 6.40. The van der Waals surface area contributed by atoms with Gasteiger partial charge < -0.3 is 5.73 Å². The Morgan fingerprint density at radius 2 is 1.84 bits per heavy atom. The lowest BCUT2D eigenvalue weighted by Gasteiger charge is -2.14. The van der Waals surface area contributed by atoms with Gasteiger partial charge in [0.25, 0.3) is 0 Å². The number of hydrogen-bond donors (Lipinski definition) is 1. The van der Waals surface area contributed by atoms with E-state index in [-0.39, 0.29) is 17.1 Å². The monoisotopic (exact) mass is 414 g/mol. The average Bonchev–Trinajstić information content (AvgIpc) is 2.89. The third-order valence-electron chi connectivity index (χ3n) is 3.24. The largest absolute Gasteiger partial charge is 0.368 e. The van der Waals surface area contributed by atoms with Crippen molar-refractivity contribution in [1.82, 2.24) is 24.7 Å². The van der Waals surface area contributed by atoms with Gasteiger partial charge in [-0.2, -0.15) is 0 Å². The van der Waals surface area contributed by atoms with E-state index in [2.05, 4.69) is 20.2 Å². The van der Waals surface area contributed by atoms with Crippen molar-refractivity contribution >= 4 is 52.5 Å². The second-order valence-electron chi connectivity index (χ2n) is 5.38. The summed E-state index contributed by atoms with van der Waals surface area (Å²) >= 11 is 19.5. The molecule has 2 aromatic heterocycles. The van der Waals surface area contributed by atoms with Gasteiger partial charge in [-0.1, -0.05) is 34.8 Å². The first-order valence-electron chi connectivity index (χ1n) is 7.23. The van der Waals surface area contributed by atoms with Crippen LogP contribution in [0, 0.1) is 0 Å². The number of rotatable bonds is 4. The second-order valence-corrected chi connectivity index (χ2v) is 7.60. The zero-order valence-corrected chi connectivity index (χ0v) is 16.3. The van der Waals surface area contributed by atoms with E-state index >= 15 is 0 Å². The SMILES string of the molecule is CC(C)n1c(Sc2cc(Cl)nc(N)n2)nnc1-c1ccc(Cl)cc1Cl. The fraction of sp³-hybridized carbons (Fsp3) is 0.200. The van der Waals surface area contributed by atoms with Crippen LogP contribution in [0.3, 0.4) is 0 Å². The van der Waals surface area contributed by atoms with Crippen molar-refractivity contribution in [2.75, 3.05) is 5.73 Å². The van der Waals surface area contributed by atoms with E-state index in [1.165, 1.54) is 11.8 Å².